The first kappa shape index (κ1) is 20.7. The van der Waals surface area contributed by atoms with Crippen molar-refractivity contribution in [2.24, 2.45) is 5.73 Å². The number of carbonyl (C=O) groups is 1. The number of benzene rings is 2. The number of nitrogens with two attached hydrogens (primary N) is 1. The number of rotatable bonds is 5. The number of carboxylic acids is 1. The first-order valence-electron chi connectivity index (χ1n) is 6.49. The molecule has 128 valence electrons. The van der Waals surface area contributed by atoms with Crippen LogP contribution in [0.15, 0.2) is 24.3 Å². The van der Waals surface area contributed by atoms with Crippen molar-refractivity contribution in [3.63, 3.8) is 0 Å². The van der Waals surface area contributed by atoms with Crippen molar-refractivity contribution >= 4 is 96.3 Å². The molecule has 24 heavy (non-hydrogen) atoms. The lowest BCUT2D eigenvalue weighted by molar-refractivity contribution is -0.307. The maximum atomic E-state index is 10.8. The van der Waals surface area contributed by atoms with E-state index in [1.54, 1.807) is 12.1 Å². The Morgan fingerprint density at radius 3 is 2.04 bits per heavy atom. The molecule has 9 heteroatoms. The number of carbonyl (C=O) groups excluding carboxylic acids is 1. The molecule has 0 saturated heterocycles. The molecule has 2 aromatic rings. The Hall–Kier alpha value is 0.390. The van der Waals surface area contributed by atoms with Crippen LogP contribution in [0.4, 0.5) is 0 Å². The minimum absolute atomic E-state index is 0.198. The maximum absolute atomic E-state index is 10.8. The van der Waals surface area contributed by atoms with Crippen molar-refractivity contribution in [3.05, 3.63) is 44.1 Å². The van der Waals surface area contributed by atoms with Gasteiger partial charge in [0.05, 0.1) is 20.3 Å². The van der Waals surface area contributed by atoms with Gasteiger partial charge in [0.25, 0.3) is 0 Å². The first-order valence-corrected chi connectivity index (χ1v) is 10.8. The van der Waals surface area contributed by atoms with Gasteiger partial charge in [-0.05, 0) is 127 Å². The Bertz CT molecular complexity index is 751. The predicted molar refractivity (Wildman–Crippen MR) is 122 cm³/mol. The maximum Gasteiger partial charge on any atom is 0.154 e. The van der Waals surface area contributed by atoms with E-state index in [4.69, 9.17) is 10.5 Å². The molecule has 0 fully saturated rings. The molecule has 0 aliphatic carbocycles. The highest BCUT2D eigenvalue weighted by atomic mass is 127. The highest BCUT2D eigenvalue weighted by molar-refractivity contribution is 14.1. The number of hydrogen-bond donors (Lipinski definition) is 2. The number of phenols is 1. The van der Waals surface area contributed by atoms with Gasteiger partial charge in [-0.1, -0.05) is 0 Å². The van der Waals surface area contributed by atoms with Crippen LogP contribution in [0.3, 0.4) is 0 Å². The molecule has 0 aliphatic heterocycles. The van der Waals surface area contributed by atoms with Crippen molar-refractivity contribution in [1.82, 2.24) is 0 Å². The summed E-state index contributed by atoms with van der Waals surface area (Å²) in [7, 11) is 0. The van der Waals surface area contributed by atoms with Crippen LogP contribution in [-0.4, -0.2) is 17.1 Å². The van der Waals surface area contributed by atoms with Crippen LogP contribution in [0, 0.1) is 14.3 Å². The number of hydrogen-bond acceptors (Lipinski definition) is 5. The quantitative estimate of drug-likeness (QED) is 0.456. The molecule has 0 spiro atoms. The normalized spacial score (nSPS) is 12.0. The number of ether oxygens (including phenoxy) is 1. The molecule has 0 radical (unpaired) electrons. The first-order chi connectivity index (χ1) is 11.2. The van der Waals surface area contributed by atoms with Gasteiger partial charge < -0.3 is 25.5 Å². The molecule has 1 atom stereocenters. The van der Waals surface area contributed by atoms with Crippen molar-refractivity contribution in [2.45, 2.75) is 12.5 Å². The van der Waals surface area contributed by atoms with Crippen molar-refractivity contribution in [2.75, 3.05) is 0 Å². The third kappa shape index (κ3) is 5.20. The highest BCUT2D eigenvalue weighted by Gasteiger charge is 2.14. The zero-order valence-corrected chi connectivity index (χ0v) is 20.5. The van der Waals surface area contributed by atoms with Gasteiger partial charge in [-0.3, -0.25) is 0 Å². The van der Waals surface area contributed by atoms with Gasteiger partial charge in [0.15, 0.2) is 5.75 Å². The monoisotopic (exact) mass is 776 g/mol. The largest absolute Gasteiger partial charge is 0.548 e. The summed E-state index contributed by atoms with van der Waals surface area (Å²) in [5, 5.41) is 20.6. The summed E-state index contributed by atoms with van der Waals surface area (Å²) in [5.74, 6) is 0.268. The Labute approximate surface area is 193 Å². The number of aliphatic carboxylic acids is 1. The van der Waals surface area contributed by atoms with Crippen LogP contribution < -0.4 is 15.6 Å². The molecule has 0 bridgehead atoms. The molecule has 3 N–H and O–H groups in total. The molecular formula is C15H10I4NO4-. The number of phenolic OH excluding ortho intramolecular Hbond substituents is 1. The molecular weight excluding hydrogens is 766 g/mol. The van der Waals surface area contributed by atoms with Gasteiger partial charge in [-0.25, -0.2) is 0 Å². The van der Waals surface area contributed by atoms with Crippen molar-refractivity contribution in [1.29, 1.82) is 0 Å². The summed E-state index contributed by atoms with van der Waals surface area (Å²) < 4.78 is 9.07. The van der Waals surface area contributed by atoms with Crippen LogP contribution in [0.5, 0.6) is 17.2 Å². The number of aromatic hydroxyl groups is 1. The molecule has 0 amide bonds. The van der Waals surface area contributed by atoms with E-state index in [1.165, 1.54) is 0 Å². The molecule has 1 unspecified atom stereocenters. The van der Waals surface area contributed by atoms with Crippen molar-refractivity contribution in [3.8, 4) is 17.2 Å². The molecule has 0 heterocycles. The van der Waals surface area contributed by atoms with Crippen LogP contribution >= 0.6 is 90.4 Å². The predicted octanol–water partition coefficient (Wildman–Crippen LogP) is 3.22. The Kier molecular flexibility index (Phi) is 7.64. The van der Waals surface area contributed by atoms with E-state index in [0.717, 1.165) is 12.7 Å². The molecule has 2 aromatic carbocycles. The second-order valence-corrected chi connectivity index (χ2v) is 9.50. The lowest BCUT2D eigenvalue weighted by atomic mass is 10.1. The van der Waals surface area contributed by atoms with E-state index >= 15 is 0 Å². The fourth-order valence-electron chi connectivity index (χ4n) is 1.88. The highest BCUT2D eigenvalue weighted by Crippen LogP contribution is 2.36. The Balaban J connectivity index is 2.30. The van der Waals surface area contributed by atoms with Gasteiger partial charge in [0.2, 0.25) is 0 Å². The zero-order valence-electron chi connectivity index (χ0n) is 11.9. The molecule has 0 aromatic heterocycles. The third-order valence-electron chi connectivity index (χ3n) is 3.03. The lowest BCUT2D eigenvalue weighted by Crippen LogP contribution is -2.43. The minimum atomic E-state index is -1.27. The second-order valence-electron chi connectivity index (χ2n) is 4.86. The standard InChI is InChI=1S/C15H11I4NO4/c16-8-4-7(5-9(17)13(8)21)24-14-10(18)1-6(2-11(14)19)3-12(20)15(22)23/h1-2,4-5,12,21H,3,20H2,(H,22,23)/p-1. The fourth-order valence-corrected chi connectivity index (χ4v) is 5.71. The summed E-state index contributed by atoms with van der Waals surface area (Å²) in [6.07, 6.45) is 0.198. The summed E-state index contributed by atoms with van der Waals surface area (Å²) >= 11 is 8.37. The van der Waals surface area contributed by atoms with Gasteiger partial charge in [0.1, 0.15) is 11.5 Å². The minimum Gasteiger partial charge on any atom is -0.548 e. The van der Waals surface area contributed by atoms with E-state index in [0.29, 0.717) is 18.6 Å². The summed E-state index contributed by atoms with van der Waals surface area (Å²) in [5.41, 5.74) is 6.34. The molecule has 2 rings (SSSR count). The van der Waals surface area contributed by atoms with E-state index in [2.05, 4.69) is 45.2 Å². The molecule has 0 aliphatic rings. The van der Waals surface area contributed by atoms with Crippen LogP contribution in [-0.2, 0) is 11.2 Å². The average Bonchev–Trinajstić information content (AvgIpc) is 2.48. The van der Waals surface area contributed by atoms with Crippen LogP contribution in [0.2, 0.25) is 0 Å². The average molecular weight is 776 g/mol. The van der Waals surface area contributed by atoms with Gasteiger partial charge in [-0.2, -0.15) is 0 Å². The summed E-state index contributed by atoms with van der Waals surface area (Å²) in [6.45, 7) is 0. The van der Waals surface area contributed by atoms with Gasteiger partial charge in [-0.15, -0.1) is 0 Å². The second kappa shape index (κ2) is 8.85. The lowest BCUT2D eigenvalue weighted by Gasteiger charge is -2.16. The molecule has 0 saturated carbocycles. The molecule has 5 nitrogen and oxygen atoms in total. The Morgan fingerprint density at radius 1 is 1.08 bits per heavy atom. The summed E-state index contributed by atoms with van der Waals surface area (Å²) in [4.78, 5) is 10.8. The van der Waals surface area contributed by atoms with Crippen LogP contribution in [0.25, 0.3) is 0 Å². The van der Waals surface area contributed by atoms with E-state index in [1.807, 2.05) is 57.3 Å². The number of halogens is 4. The van der Waals surface area contributed by atoms with E-state index < -0.39 is 12.0 Å². The van der Waals surface area contributed by atoms with Gasteiger partial charge in [0, 0.05) is 6.04 Å². The Morgan fingerprint density at radius 2 is 1.58 bits per heavy atom. The van der Waals surface area contributed by atoms with E-state index in [-0.39, 0.29) is 12.2 Å². The fraction of sp³-hybridized carbons (Fsp3) is 0.133. The summed E-state index contributed by atoms with van der Waals surface area (Å²) in [6, 6.07) is 6.16. The van der Waals surface area contributed by atoms with Crippen molar-refractivity contribution < 1.29 is 19.7 Å². The third-order valence-corrected chi connectivity index (χ3v) is 6.27. The number of carboxylic acid groups (broad SMARTS) is 1. The van der Waals surface area contributed by atoms with Crippen LogP contribution in [0.1, 0.15) is 5.56 Å². The zero-order chi connectivity index (χ0) is 18.0. The topological polar surface area (TPSA) is 95.6 Å². The van der Waals surface area contributed by atoms with E-state index in [9.17, 15) is 15.0 Å². The smallest absolute Gasteiger partial charge is 0.154 e. The SMILES string of the molecule is NC(Cc1cc(I)c(Oc2cc(I)c(O)c(I)c2)c(I)c1)C(=O)[O-]. The van der Waals surface area contributed by atoms with Gasteiger partial charge >= 0.3 is 0 Å².